The molecule has 0 aliphatic carbocycles. The summed E-state index contributed by atoms with van der Waals surface area (Å²) >= 11 is 30.7. The summed E-state index contributed by atoms with van der Waals surface area (Å²) in [5, 5.41) is 1.07. The number of halogens is 5. The molecular formula is C8H11Cl5N4P4. The van der Waals surface area contributed by atoms with Crippen LogP contribution in [-0.2, 0) is 0 Å². The highest BCUT2D eigenvalue weighted by atomic mass is 35.9. The van der Waals surface area contributed by atoms with E-state index in [1.165, 1.54) is 0 Å². The summed E-state index contributed by atoms with van der Waals surface area (Å²) in [6.45, 7) is 0.997. The molecule has 0 fully saturated rings. The standard InChI is InChI=1S/C8H11Cl5N4P4/c1-18(2,8-6-4-3-5-7-8)14-21(13)16-19(9,10)15-20(11,12)17-21/h3-7H,1-2H3. The van der Waals surface area contributed by atoms with Crippen molar-refractivity contribution >= 4 is 87.1 Å². The maximum atomic E-state index is 6.48. The molecule has 0 saturated heterocycles. The Morgan fingerprint density at radius 1 is 0.857 bits per heavy atom. The number of rotatable bonds is 2. The first-order chi connectivity index (χ1) is 9.43. The molecule has 0 saturated carbocycles. The molecule has 1 heterocycles. The van der Waals surface area contributed by atoms with E-state index in [1.807, 2.05) is 43.7 Å². The Morgan fingerprint density at radius 2 is 1.38 bits per heavy atom. The lowest BCUT2D eigenvalue weighted by Gasteiger charge is -2.22. The fourth-order valence-corrected chi connectivity index (χ4v) is 23.5. The summed E-state index contributed by atoms with van der Waals surface area (Å²) in [5.41, 5.74) is 0. The minimum atomic E-state index is -3.03. The molecule has 0 radical (unpaired) electrons. The fourth-order valence-electron chi connectivity index (χ4n) is 1.62. The summed E-state index contributed by atoms with van der Waals surface area (Å²) in [6.07, 6.45) is 0. The fraction of sp³-hybridized carbons (Fsp3) is 0.250. The zero-order valence-corrected chi connectivity index (χ0v) is 18.2. The molecule has 1 atom stereocenters. The first-order valence-electron chi connectivity index (χ1n) is 5.47. The molecular weight excluding hydrogens is 453 g/mol. The lowest BCUT2D eigenvalue weighted by atomic mass is 10.4. The van der Waals surface area contributed by atoms with Gasteiger partial charge in [-0.05, 0) is 74.8 Å². The highest BCUT2D eigenvalue weighted by Gasteiger charge is 2.33. The number of benzene rings is 1. The van der Waals surface area contributed by atoms with E-state index in [1.54, 1.807) is 0 Å². The lowest BCUT2D eigenvalue weighted by molar-refractivity contribution is 1.69. The van der Waals surface area contributed by atoms with Crippen LogP contribution in [0.25, 0.3) is 0 Å². The average Bonchev–Trinajstić information content (AvgIpc) is 2.23. The Hall–Kier alpha value is 1.59. The summed E-state index contributed by atoms with van der Waals surface area (Å²) in [4.78, 5) is 0. The molecule has 13 heteroatoms. The maximum Gasteiger partial charge on any atom is 0.281 e. The molecule has 0 N–H and O–H groups in total. The van der Waals surface area contributed by atoms with Gasteiger partial charge in [0.15, 0.2) is 0 Å². The molecule has 1 unspecified atom stereocenters. The van der Waals surface area contributed by atoms with Crippen molar-refractivity contribution < 1.29 is 0 Å². The molecule has 1 aliphatic heterocycles. The van der Waals surface area contributed by atoms with Crippen LogP contribution in [0.15, 0.2) is 48.4 Å². The van der Waals surface area contributed by atoms with Crippen LogP contribution in [-0.4, -0.2) is 13.3 Å². The first kappa shape index (κ1) is 18.9. The van der Waals surface area contributed by atoms with Crippen molar-refractivity contribution in [2.45, 2.75) is 0 Å². The van der Waals surface area contributed by atoms with Gasteiger partial charge in [0.05, 0.1) is 0 Å². The van der Waals surface area contributed by atoms with E-state index in [-0.39, 0.29) is 0 Å². The van der Waals surface area contributed by atoms with E-state index in [0.29, 0.717) is 0 Å². The quantitative estimate of drug-likeness (QED) is 0.393. The van der Waals surface area contributed by atoms with Crippen molar-refractivity contribution in [1.29, 1.82) is 0 Å². The predicted octanol–water partition coefficient (Wildman–Crippen LogP) is 8.82. The van der Waals surface area contributed by atoms with Crippen LogP contribution < -0.4 is 5.30 Å². The van der Waals surface area contributed by atoms with Gasteiger partial charge in [-0.15, -0.1) is 0 Å². The van der Waals surface area contributed by atoms with Crippen molar-refractivity contribution in [2.24, 2.45) is 18.1 Å². The molecule has 4 nitrogen and oxygen atoms in total. The second-order valence-electron chi connectivity index (χ2n) is 4.49. The van der Waals surface area contributed by atoms with Gasteiger partial charge in [0.25, 0.3) is 18.5 Å². The van der Waals surface area contributed by atoms with Gasteiger partial charge in [-0.25, -0.2) is 4.52 Å². The van der Waals surface area contributed by atoms with E-state index in [0.717, 1.165) is 5.30 Å². The second-order valence-corrected chi connectivity index (χ2v) is 21.5. The number of nitrogens with zero attached hydrogens (tertiary/aromatic N) is 4. The van der Waals surface area contributed by atoms with Gasteiger partial charge < -0.3 is 0 Å². The second kappa shape index (κ2) is 6.48. The van der Waals surface area contributed by atoms with Crippen LogP contribution in [0.2, 0.25) is 0 Å². The predicted molar refractivity (Wildman–Crippen MR) is 105 cm³/mol. The molecule has 1 aromatic rings. The smallest absolute Gasteiger partial charge is 0.226 e. The lowest BCUT2D eigenvalue weighted by Crippen LogP contribution is -2.01. The molecule has 0 amide bonds. The van der Waals surface area contributed by atoms with E-state index in [2.05, 4.69) is 18.1 Å². The van der Waals surface area contributed by atoms with Gasteiger partial charge in [-0.1, -0.05) is 30.3 Å². The average molecular weight is 464 g/mol. The van der Waals surface area contributed by atoms with Crippen LogP contribution >= 0.6 is 81.8 Å². The maximum absolute atomic E-state index is 6.48. The van der Waals surface area contributed by atoms with Crippen LogP contribution in [0.4, 0.5) is 0 Å². The molecule has 118 valence electrons. The zero-order valence-electron chi connectivity index (χ0n) is 10.9. The SMILES string of the molecule is CP(C)(=NP1(Cl)=NP(Cl)(Cl)=NP(Cl)(Cl)=N1)c1ccccc1. The molecule has 1 aliphatic rings. The highest BCUT2D eigenvalue weighted by Crippen LogP contribution is 2.88. The largest absolute Gasteiger partial charge is 0.281 e. The van der Waals surface area contributed by atoms with Gasteiger partial charge in [-0.2, -0.15) is 13.5 Å². The highest BCUT2D eigenvalue weighted by molar-refractivity contribution is 8.22. The summed E-state index contributed by atoms with van der Waals surface area (Å²) in [6, 6.07) is 9.80. The molecule has 0 spiro atoms. The third-order valence-corrected chi connectivity index (χ3v) is 18.6. The Bertz CT molecular complexity index is 764. The van der Waals surface area contributed by atoms with E-state index >= 15 is 0 Å². The Labute approximate surface area is 148 Å². The summed E-state index contributed by atoms with van der Waals surface area (Å²) < 4.78 is 16.9. The van der Waals surface area contributed by atoms with Gasteiger partial charge in [0, 0.05) is 7.05 Å². The molecule has 0 aromatic heterocycles. The third-order valence-electron chi connectivity index (χ3n) is 2.38. The van der Waals surface area contributed by atoms with E-state index in [4.69, 9.17) is 56.2 Å². The van der Waals surface area contributed by atoms with Crippen molar-refractivity contribution in [1.82, 2.24) is 0 Å². The third kappa shape index (κ3) is 5.29. The molecule has 21 heavy (non-hydrogen) atoms. The topological polar surface area (TPSA) is 49.4 Å². The molecule has 1 aromatic carbocycles. The van der Waals surface area contributed by atoms with Gasteiger partial charge in [0.1, 0.15) is 0 Å². The number of hydrogen-bond donors (Lipinski definition) is 0. The van der Waals surface area contributed by atoms with Crippen molar-refractivity contribution in [3.05, 3.63) is 30.3 Å². The minimum absolute atomic E-state index is 1.07. The van der Waals surface area contributed by atoms with Gasteiger partial charge in [-0.3, -0.25) is 0 Å². The summed E-state index contributed by atoms with van der Waals surface area (Å²) in [5.74, 6) is -6.06. The van der Waals surface area contributed by atoms with Crippen LogP contribution in [0.5, 0.6) is 0 Å². The van der Waals surface area contributed by atoms with Crippen molar-refractivity contribution in [3.8, 4) is 0 Å². The Morgan fingerprint density at radius 3 is 1.90 bits per heavy atom. The van der Waals surface area contributed by atoms with E-state index in [9.17, 15) is 0 Å². The van der Waals surface area contributed by atoms with Crippen LogP contribution in [0.3, 0.4) is 0 Å². The first-order valence-corrected chi connectivity index (χ1v) is 17.7. The molecule has 2 rings (SSSR count). The Kier molecular flexibility index (Phi) is 5.84. The number of hydrogen-bond acceptors (Lipinski definition) is 4. The van der Waals surface area contributed by atoms with Crippen LogP contribution in [0, 0.1) is 0 Å². The van der Waals surface area contributed by atoms with Crippen molar-refractivity contribution in [3.63, 3.8) is 0 Å². The van der Waals surface area contributed by atoms with Crippen LogP contribution in [0.1, 0.15) is 0 Å². The minimum Gasteiger partial charge on any atom is -0.226 e. The molecule has 0 bridgehead atoms. The van der Waals surface area contributed by atoms with Crippen molar-refractivity contribution in [2.75, 3.05) is 13.3 Å². The van der Waals surface area contributed by atoms with Gasteiger partial charge >= 0.3 is 0 Å². The zero-order chi connectivity index (χ0) is 15.9. The van der Waals surface area contributed by atoms with E-state index < -0.39 is 25.6 Å². The van der Waals surface area contributed by atoms with Gasteiger partial charge in [0.2, 0.25) is 0 Å². The summed E-state index contributed by atoms with van der Waals surface area (Å²) in [7, 11) is -1.93. The monoisotopic (exact) mass is 462 g/mol. The normalized spacial score (nSPS) is 27.0. The Balaban J connectivity index is 2.68.